The van der Waals surface area contributed by atoms with Crippen molar-refractivity contribution in [2.75, 3.05) is 26.2 Å². The van der Waals surface area contributed by atoms with E-state index in [9.17, 15) is 4.79 Å². The Morgan fingerprint density at radius 3 is 2.70 bits per heavy atom. The standard InChI is InChI=1S/C22H25ClN4O3/c1-16-11-18(3-5-20(16)23)29-15-19-4-6-21(30-19)22(28)27-9-7-26(8-10-27)14-17-12-24-25(2)13-17/h3-6,11-13H,7-10,14-15H2,1-2H3. The van der Waals surface area contributed by atoms with Crippen LogP contribution in [0.15, 0.2) is 47.1 Å². The zero-order chi connectivity index (χ0) is 21.1. The summed E-state index contributed by atoms with van der Waals surface area (Å²) in [6.45, 7) is 6.04. The molecule has 158 valence electrons. The van der Waals surface area contributed by atoms with Crippen LogP contribution in [0.4, 0.5) is 0 Å². The quantitative estimate of drug-likeness (QED) is 0.601. The van der Waals surface area contributed by atoms with Crippen LogP contribution < -0.4 is 4.74 Å². The SMILES string of the molecule is Cc1cc(OCc2ccc(C(=O)N3CCN(Cc4cnn(C)c4)CC3)o2)ccc1Cl. The molecule has 0 bridgehead atoms. The van der Waals surface area contributed by atoms with Gasteiger partial charge in [-0.2, -0.15) is 5.10 Å². The van der Waals surface area contributed by atoms with Crippen LogP contribution in [0.2, 0.25) is 5.02 Å². The number of piperazine rings is 1. The van der Waals surface area contributed by atoms with Gasteiger partial charge in [-0.05, 0) is 42.8 Å². The Balaban J connectivity index is 1.28. The largest absolute Gasteiger partial charge is 0.486 e. The van der Waals surface area contributed by atoms with E-state index in [0.717, 1.165) is 25.2 Å². The van der Waals surface area contributed by atoms with Gasteiger partial charge in [-0.15, -0.1) is 0 Å². The lowest BCUT2D eigenvalue weighted by molar-refractivity contribution is 0.0594. The molecule has 0 atom stereocenters. The van der Waals surface area contributed by atoms with Crippen molar-refractivity contribution in [2.24, 2.45) is 7.05 Å². The first kappa shape index (κ1) is 20.5. The molecular formula is C22H25ClN4O3. The lowest BCUT2D eigenvalue weighted by Gasteiger charge is -2.34. The maximum atomic E-state index is 12.8. The summed E-state index contributed by atoms with van der Waals surface area (Å²) in [6, 6.07) is 9.00. The van der Waals surface area contributed by atoms with E-state index in [2.05, 4.69) is 10.00 Å². The molecule has 3 aromatic rings. The zero-order valence-electron chi connectivity index (χ0n) is 17.2. The van der Waals surface area contributed by atoms with Crippen LogP contribution in [0.5, 0.6) is 5.75 Å². The summed E-state index contributed by atoms with van der Waals surface area (Å²) in [5.74, 6) is 1.60. The van der Waals surface area contributed by atoms with Crippen LogP contribution in [-0.2, 0) is 20.2 Å². The first-order valence-electron chi connectivity index (χ1n) is 9.95. The molecule has 8 heteroatoms. The van der Waals surface area contributed by atoms with Gasteiger partial charge >= 0.3 is 0 Å². The number of carbonyl (C=O) groups is 1. The summed E-state index contributed by atoms with van der Waals surface area (Å²) in [7, 11) is 1.92. The van der Waals surface area contributed by atoms with E-state index in [-0.39, 0.29) is 12.5 Å². The molecule has 0 spiro atoms. The van der Waals surface area contributed by atoms with Crippen LogP contribution >= 0.6 is 11.6 Å². The summed E-state index contributed by atoms with van der Waals surface area (Å²) in [4.78, 5) is 17.0. The number of carbonyl (C=O) groups excluding carboxylic acids is 1. The summed E-state index contributed by atoms with van der Waals surface area (Å²) in [5, 5.41) is 4.91. The van der Waals surface area contributed by atoms with Crippen molar-refractivity contribution in [1.29, 1.82) is 0 Å². The van der Waals surface area contributed by atoms with Gasteiger partial charge in [0.15, 0.2) is 5.76 Å². The molecule has 2 aromatic heterocycles. The molecule has 0 radical (unpaired) electrons. The smallest absolute Gasteiger partial charge is 0.289 e. The summed E-state index contributed by atoms with van der Waals surface area (Å²) in [5.41, 5.74) is 2.14. The number of benzene rings is 1. The number of hydrogen-bond donors (Lipinski definition) is 0. The molecule has 1 aromatic carbocycles. The third kappa shape index (κ3) is 4.86. The van der Waals surface area contributed by atoms with E-state index in [1.165, 1.54) is 5.56 Å². The third-order valence-electron chi connectivity index (χ3n) is 5.21. The minimum Gasteiger partial charge on any atom is -0.486 e. The molecule has 1 aliphatic rings. The second kappa shape index (κ2) is 8.93. The number of rotatable bonds is 6. The lowest BCUT2D eigenvalue weighted by Crippen LogP contribution is -2.48. The van der Waals surface area contributed by atoms with E-state index in [1.807, 2.05) is 43.4 Å². The lowest BCUT2D eigenvalue weighted by atomic mass is 10.2. The summed E-state index contributed by atoms with van der Waals surface area (Å²) in [6.07, 6.45) is 3.91. The number of aromatic nitrogens is 2. The molecule has 4 rings (SSSR count). The number of hydrogen-bond acceptors (Lipinski definition) is 5. The normalized spacial score (nSPS) is 14.8. The second-order valence-electron chi connectivity index (χ2n) is 7.56. The molecule has 3 heterocycles. The number of aryl methyl sites for hydroxylation is 2. The Labute approximate surface area is 180 Å². The number of ether oxygens (including phenoxy) is 1. The van der Waals surface area contributed by atoms with Gasteiger partial charge in [0.25, 0.3) is 5.91 Å². The molecule has 0 unspecified atom stereocenters. The van der Waals surface area contributed by atoms with Crippen molar-refractivity contribution in [3.05, 3.63) is 70.4 Å². The molecule has 1 amide bonds. The van der Waals surface area contributed by atoms with Gasteiger partial charge in [-0.3, -0.25) is 14.4 Å². The fraction of sp³-hybridized carbons (Fsp3) is 0.364. The highest BCUT2D eigenvalue weighted by Gasteiger charge is 2.24. The number of amides is 1. The van der Waals surface area contributed by atoms with Crippen LogP contribution in [0, 0.1) is 6.92 Å². The van der Waals surface area contributed by atoms with Crippen molar-refractivity contribution in [2.45, 2.75) is 20.1 Å². The Hall–Kier alpha value is -2.77. The maximum absolute atomic E-state index is 12.8. The first-order valence-corrected chi connectivity index (χ1v) is 10.3. The average Bonchev–Trinajstić information content (AvgIpc) is 3.38. The third-order valence-corrected chi connectivity index (χ3v) is 5.63. The minimum atomic E-state index is -0.0791. The first-order chi connectivity index (χ1) is 14.5. The van der Waals surface area contributed by atoms with E-state index in [1.54, 1.807) is 22.9 Å². The highest BCUT2D eigenvalue weighted by atomic mass is 35.5. The van der Waals surface area contributed by atoms with E-state index in [0.29, 0.717) is 35.4 Å². The number of halogens is 1. The van der Waals surface area contributed by atoms with Crippen molar-refractivity contribution in [1.82, 2.24) is 19.6 Å². The molecule has 0 saturated carbocycles. The number of furan rings is 1. The Bertz CT molecular complexity index is 1020. The van der Waals surface area contributed by atoms with Crippen LogP contribution in [0.3, 0.4) is 0 Å². The highest BCUT2D eigenvalue weighted by Crippen LogP contribution is 2.22. The molecule has 7 nitrogen and oxygen atoms in total. The zero-order valence-corrected chi connectivity index (χ0v) is 17.9. The van der Waals surface area contributed by atoms with Crippen molar-refractivity contribution < 1.29 is 13.9 Å². The molecule has 1 fully saturated rings. The summed E-state index contributed by atoms with van der Waals surface area (Å²) >= 11 is 6.04. The van der Waals surface area contributed by atoms with Gasteiger partial charge in [0, 0.05) is 56.6 Å². The Kier molecular flexibility index (Phi) is 6.11. The molecular weight excluding hydrogens is 404 g/mol. The molecule has 0 aliphatic carbocycles. The maximum Gasteiger partial charge on any atom is 0.289 e. The fourth-order valence-electron chi connectivity index (χ4n) is 3.51. The van der Waals surface area contributed by atoms with E-state index < -0.39 is 0 Å². The van der Waals surface area contributed by atoms with Gasteiger partial charge in [-0.1, -0.05) is 11.6 Å². The van der Waals surface area contributed by atoms with Gasteiger partial charge in [-0.25, -0.2) is 0 Å². The average molecular weight is 429 g/mol. The van der Waals surface area contributed by atoms with E-state index in [4.69, 9.17) is 20.8 Å². The van der Waals surface area contributed by atoms with Gasteiger partial charge in [0.2, 0.25) is 0 Å². The highest BCUT2D eigenvalue weighted by molar-refractivity contribution is 6.31. The monoisotopic (exact) mass is 428 g/mol. The number of nitrogens with zero attached hydrogens (tertiary/aromatic N) is 4. The Morgan fingerprint density at radius 2 is 2.00 bits per heavy atom. The molecule has 1 saturated heterocycles. The van der Waals surface area contributed by atoms with Crippen LogP contribution in [-0.4, -0.2) is 51.7 Å². The van der Waals surface area contributed by atoms with Gasteiger partial charge in [0.1, 0.15) is 18.1 Å². The van der Waals surface area contributed by atoms with Crippen molar-refractivity contribution >= 4 is 17.5 Å². The topological polar surface area (TPSA) is 63.7 Å². The fourth-order valence-corrected chi connectivity index (χ4v) is 3.63. The minimum absolute atomic E-state index is 0.0791. The van der Waals surface area contributed by atoms with Crippen LogP contribution in [0.1, 0.15) is 27.4 Å². The van der Waals surface area contributed by atoms with Gasteiger partial charge in [0.05, 0.1) is 6.20 Å². The second-order valence-corrected chi connectivity index (χ2v) is 7.96. The van der Waals surface area contributed by atoms with Crippen LogP contribution in [0.25, 0.3) is 0 Å². The molecule has 30 heavy (non-hydrogen) atoms. The molecule has 0 N–H and O–H groups in total. The Morgan fingerprint density at radius 1 is 1.20 bits per heavy atom. The predicted molar refractivity (Wildman–Crippen MR) is 114 cm³/mol. The summed E-state index contributed by atoms with van der Waals surface area (Å²) < 4.78 is 13.3. The van der Waals surface area contributed by atoms with E-state index >= 15 is 0 Å². The van der Waals surface area contributed by atoms with Gasteiger partial charge < -0.3 is 14.1 Å². The predicted octanol–water partition coefficient (Wildman–Crippen LogP) is 3.51. The molecule has 1 aliphatic heterocycles. The van der Waals surface area contributed by atoms with Crippen molar-refractivity contribution in [3.63, 3.8) is 0 Å². The van der Waals surface area contributed by atoms with Crippen molar-refractivity contribution in [3.8, 4) is 5.75 Å².